The summed E-state index contributed by atoms with van der Waals surface area (Å²) < 4.78 is 17.0. The summed E-state index contributed by atoms with van der Waals surface area (Å²) >= 11 is 0.559. The van der Waals surface area contributed by atoms with Gasteiger partial charge < -0.3 is 9.72 Å². The molecule has 6 heteroatoms. The summed E-state index contributed by atoms with van der Waals surface area (Å²) in [5, 5.41) is 1.24. The lowest BCUT2D eigenvalue weighted by molar-refractivity contribution is 0.0650. The molecule has 5 nitrogen and oxygen atoms in total. The highest BCUT2D eigenvalue weighted by Crippen LogP contribution is 2.36. The average molecular weight is 437 g/mol. The molecule has 1 saturated heterocycles. The number of aromatic amines is 1. The first kappa shape index (κ1) is 20.6. The molecule has 3 aromatic rings. The molecule has 5 rings (SSSR count). The van der Waals surface area contributed by atoms with E-state index in [-0.39, 0.29) is 0 Å². The van der Waals surface area contributed by atoms with Crippen LogP contribution in [0.25, 0.3) is 10.9 Å². The number of aryl methyl sites for hydroxylation is 1. The van der Waals surface area contributed by atoms with E-state index in [0.29, 0.717) is 17.7 Å². The first-order valence-electron chi connectivity index (χ1n) is 11.2. The Morgan fingerprint density at radius 2 is 1.97 bits per heavy atom. The third kappa shape index (κ3) is 4.25. The van der Waals surface area contributed by atoms with Crippen molar-refractivity contribution >= 4 is 22.6 Å². The second kappa shape index (κ2) is 8.69. The molecule has 31 heavy (non-hydrogen) atoms. The van der Waals surface area contributed by atoms with Gasteiger partial charge >= 0.3 is 11.7 Å². The second-order valence-corrected chi connectivity index (χ2v) is 9.62. The minimum atomic E-state index is 0.304. The Labute approximate surface area is 187 Å². The van der Waals surface area contributed by atoms with E-state index in [1.807, 2.05) is 18.3 Å². The number of fused-ring (bicyclic) bond motifs is 1. The monoisotopic (exact) mass is 436 g/mol. The molecule has 2 fully saturated rings. The van der Waals surface area contributed by atoms with Crippen molar-refractivity contribution in [2.24, 2.45) is 5.92 Å². The summed E-state index contributed by atoms with van der Waals surface area (Å²) in [6.45, 7) is 7.35. The van der Waals surface area contributed by atoms with E-state index in [9.17, 15) is 4.21 Å². The summed E-state index contributed by atoms with van der Waals surface area (Å²) in [5.74, 6) is 1.85. The van der Waals surface area contributed by atoms with Gasteiger partial charge in [0.2, 0.25) is 0 Å². The predicted molar refractivity (Wildman–Crippen MR) is 125 cm³/mol. The summed E-state index contributed by atoms with van der Waals surface area (Å²) in [5.41, 5.74) is 4.93. The van der Waals surface area contributed by atoms with Gasteiger partial charge in [-0.15, -0.1) is 0 Å². The topological polar surface area (TPSA) is 48.6 Å². The van der Waals surface area contributed by atoms with Crippen LogP contribution in [0, 0.1) is 12.8 Å². The molecule has 0 bridgehead atoms. The smallest absolute Gasteiger partial charge is 0.496 e. The summed E-state index contributed by atoms with van der Waals surface area (Å²) in [6, 6.07) is 12.8. The average Bonchev–Trinajstić information content (AvgIpc) is 3.47. The molecule has 2 aromatic carbocycles. The van der Waals surface area contributed by atoms with E-state index >= 15 is 0 Å². The largest absolute Gasteiger partial charge is 0.505 e. The van der Waals surface area contributed by atoms with Crippen LogP contribution in [-0.2, 0) is 22.4 Å². The van der Waals surface area contributed by atoms with Crippen LogP contribution in [0.4, 0.5) is 0 Å². The van der Waals surface area contributed by atoms with E-state index < -0.39 is 0 Å². The Balaban J connectivity index is 1.47. The molecule has 1 aliphatic heterocycles. The zero-order valence-electron chi connectivity index (χ0n) is 18.3. The Morgan fingerprint density at radius 3 is 2.68 bits per heavy atom. The van der Waals surface area contributed by atoms with Crippen LogP contribution >= 0.6 is 0 Å². The molecule has 1 atom stereocenters. The minimum Gasteiger partial charge on any atom is -0.496 e. The normalized spacial score (nSPS) is 20.3. The molecule has 1 saturated carbocycles. The molecule has 162 valence electrons. The predicted octanol–water partition coefficient (Wildman–Crippen LogP) is 4.54. The fraction of sp³-hybridized carbons (Fsp3) is 0.440. The molecule has 2 heterocycles. The van der Waals surface area contributed by atoms with Crippen molar-refractivity contribution in [3.05, 3.63) is 59.3 Å². The van der Waals surface area contributed by atoms with Crippen LogP contribution in [0.5, 0.6) is 5.75 Å². The SMILES string of the molecule is COc1cc(C)c2[nH]ccc2c1CN1CCN(CC2CC2)C[C@H]1c1ccc([S+]=O)cc1. The third-order valence-corrected chi connectivity index (χ3v) is 7.31. The molecular weight excluding hydrogens is 406 g/mol. The first-order valence-corrected chi connectivity index (χ1v) is 11.9. The van der Waals surface area contributed by atoms with Crippen molar-refractivity contribution in [3.63, 3.8) is 0 Å². The highest BCUT2D eigenvalue weighted by molar-refractivity contribution is 7.65. The first-order chi connectivity index (χ1) is 15.2. The fourth-order valence-corrected chi connectivity index (χ4v) is 5.19. The highest BCUT2D eigenvalue weighted by atomic mass is 32.1. The van der Waals surface area contributed by atoms with Gasteiger partial charge in [0.25, 0.3) is 4.90 Å². The lowest BCUT2D eigenvalue weighted by Gasteiger charge is -2.42. The van der Waals surface area contributed by atoms with Crippen LogP contribution in [0.3, 0.4) is 0 Å². The number of H-pyrrole nitrogens is 1. The molecule has 1 aliphatic carbocycles. The Bertz CT molecular complexity index is 1070. The van der Waals surface area contributed by atoms with E-state index in [0.717, 1.165) is 42.7 Å². The fourth-order valence-electron chi connectivity index (χ4n) is 4.94. The Morgan fingerprint density at radius 1 is 1.16 bits per heavy atom. The van der Waals surface area contributed by atoms with Gasteiger partial charge in [0, 0.05) is 77.8 Å². The summed E-state index contributed by atoms with van der Waals surface area (Å²) in [6.07, 6.45) is 4.78. The molecule has 2 aliphatic rings. The van der Waals surface area contributed by atoms with Crippen molar-refractivity contribution in [3.8, 4) is 5.75 Å². The maximum Gasteiger partial charge on any atom is 0.505 e. The molecule has 0 amide bonds. The van der Waals surface area contributed by atoms with Crippen molar-refractivity contribution in [2.45, 2.75) is 37.2 Å². The molecule has 0 spiro atoms. The number of nitrogens with one attached hydrogen (secondary N) is 1. The minimum absolute atomic E-state index is 0.304. The van der Waals surface area contributed by atoms with Crippen LogP contribution in [0.15, 0.2) is 47.5 Å². The quantitative estimate of drug-likeness (QED) is 0.553. The Hall–Kier alpha value is -2.28. The number of rotatable bonds is 7. The van der Waals surface area contributed by atoms with Gasteiger partial charge in [-0.2, -0.15) is 0 Å². The van der Waals surface area contributed by atoms with Crippen LogP contribution in [0.2, 0.25) is 0 Å². The van der Waals surface area contributed by atoms with Crippen LogP contribution < -0.4 is 4.74 Å². The molecule has 1 aromatic heterocycles. The van der Waals surface area contributed by atoms with Gasteiger partial charge in [-0.25, -0.2) is 0 Å². The second-order valence-electron chi connectivity index (χ2n) is 8.98. The summed E-state index contributed by atoms with van der Waals surface area (Å²) in [7, 11) is 1.77. The Kier molecular flexibility index (Phi) is 5.78. The van der Waals surface area contributed by atoms with Gasteiger partial charge in [0.15, 0.2) is 0 Å². The number of piperazine rings is 1. The zero-order chi connectivity index (χ0) is 21.4. The van der Waals surface area contributed by atoms with Gasteiger partial charge in [-0.3, -0.25) is 9.80 Å². The standard InChI is InChI=1S/C25H30N3O2S/c1-17-13-24(30-2)22(21-9-10-26-25(17)21)15-28-12-11-27(14-18-3-4-18)16-23(28)19-5-7-20(31-29)8-6-19/h5-10,13,18,23,26H,3-4,11-12,14-16H2,1-2H3/q+1/t23-/m0/s1. The number of methoxy groups -OCH3 is 1. The van der Waals surface area contributed by atoms with Gasteiger partial charge in [0.1, 0.15) is 5.75 Å². The highest BCUT2D eigenvalue weighted by Gasteiger charge is 2.33. The van der Waals surface area contributed by atoms with Gasteiger partial charge in [-0.05, 0) is 48.9 Å². The summed E-state index contributed by atoms with van der Waals surface area (Å²) in [4.78, 5) is 9.39. The number of aromatic nitrogens is 1. The molecule has 0 radical (unpaired) electrons. The number of benzene rings is 2. The molecule has 0 unspecified atom stereocenters. The van der Waals surface area contributed by atoms with Crippen molar-refractivity contribution < 1.29 is 8.95 Å². The maximum atomic E-state index is 11.2. The molecular formula is C25H30N3O2S+. The van der Waals surface area contributed by atoms with Crippen LogP contribution in [-0.4, -0.2) is 48.1 Å². The van der Waals surface area contributed by atoms with Crippen molar-refractivity contribution in [1.29, 1.82) is 0 Å². The van der Waals surface area contributed by atoms with Crippen molar-refractivity contribution in [2.75, 3.05) is 33.3 Å². The lowest BCUT2D eigenvalue weighted by atomic mass is 9.99. The van der Waals surface area contributed by atoms with E-state index in [1.54, 1.807) is 7.11 Å². The van der Waals surface area contributed by atoms with E-state index in [2.05, 4.69) is 46.0 Å². The van der Waals surface area contributed by atoms with Gasteiger partial charge in [0.05, 0.1) is 7.11 Å². The third-order valence-electron chi connectivity index (χ3n) is 6.84. The number of ether oxygens (including phenoxy) is 1. The van der Waals surface area contributed by atoms with E-state index in [4.69, 9.17) is 4.74 Å². The number of nitrogens with zero attached hydrogens (tertiary/aromatic N) is 2. The van der Waals surface area contributed by atoms with E-state index in [1.165, 1.54) is 47.0 Å². The van der Waals surface area contributed by atoms with Gasteiger partial charge in [-0.1, -0.05) is 12.1 Å². The molecule has 1 N–H and O–H groups in total. The number of hydrogen-bond donors (Lipinski definition) is 1. The van der Waals surface area contributed by atoms with Crippen LogP contribution in [0.1, 0.15) is 35.6 Å². The lowest BCUT2D eigenvalue weighted by Crippen LogP contribution is -2.48. The number of hydrogen-bond acceptors (Lipinski definition) is 4. The maximum absolute atomic E-state index is 11.2. The zero-order valence-corrected chi connectivity index (χ0v) is 19.1. The van der Waals surface area contributed by atoms with Crippen molar-refractivity contribution in [1.82, 2.24) is 14.8 Å².